The highest BCUT2D eigenvalue weighted by Gasteiger charge is 1.80. The molecule has 0 atom stereocenters. The normalized spacial score (nSPS) is 14.8. The second-order valence-electron chi connectivity index (χ2n) is 2.42. The van der Waals surface area contributed by atoms with Crippen molar-refractivity contribution in [3.8, 4) is 0 Å². The minimum absolute atomic E-state index is 1.30. The van der Waals surface area contributed by atoms with E-state index >= 15 is 0 Å². The lowest BCUT2D eigenvalue weighted by Gasteiger charge is -1.91. The summed E-state index contributed by atoms with van der Waals surface area (Å²) in [6.45, 7) is 8.29. The Morgan fingerprint density at radius 2 is 1.60 bits per heavy atom. The number of allylic oxidation sites excluding steroid dienone is 6. The molecule has 0 aliphatic rings. The molecule has 0 radical (unpaired) electrons. The van der Waals surface area contributed by atoms with Crippen LogP contribution < -0.4 is 0 Å². The van der Waals surface area contributed by atoms with Gasteiger partial charge in [0.1, 0.15) is 0 Å². The monoisotopic (exact) mass is 136 g/mol. The Kier molecular flexibility index (Phi) is 4.65. The zero-order valence-electron chi connectivity index (χ0n) is 7.31. The van der Waals surface area contributed by atoms with Gasteiger partial charge in [0, 0.05) is 0 Å². The van der Waals surface area contributed by atoms with Crippen LogP contribution in [-0.2, 0) is 0 Å². The first-order chi connectivity index (χ1) is 4.70. The number of hydrogen-bond acceptors (Lipinski definition) is 0. The predicted octanol–water partition coefficient (Wildman–Crippen LogP) is 3.48. The zero-order valence-corrected chi connectivity index (χ0v) is 7.31. The number of hydrogen-bond donors (Lipinski definition) is 0. The first kappa shape index (κ1) is 9.22. The first-order valence-electron chi connectivity index (χ1n) is 3.64. The summed E-state index contributed by atoms with van der Waals surface area (Å²) >= 11 is 0. The van der Waals surface area contributed by atoms with Crippen LogP contribution in [0.25, 0.3) is 0 Å². The molecule has 0 unspecified atom stereocenters. The van der Waals surface area contributed by atoms with Crippen LogP contribution in [0.1, 0.15) is 27.7 Å². The molecule has 0 heterocycles. The van der Waals surface area contributed by atoms with Crippen LogP contribution in [0.4, 0.5) is 0 Å². The van der Waals surface area contributed by atoms with Crippen molar-refractivity contribution in [3.63, 3.8) is 0 Å². The van der Waals surface area contributed by atoms with Crippen LogP contribution in [0, 0.1) is 0 Å². The minimum atomic E-state index is 1.30. The highest BCUT2D eigenvalue weighted by molar-refractivity contribution is 5.26. The Hall–Kier alpha value is -0.780. The predicted molar refractivity (Wildman–Crippen MR) is 48.0 cm³/mol. The van der Waals surface area contributed by atoms with Gasteiger partial charge >= 0.3 is 0 Å². The van der Waals surface area contributed by atoms with Gasteiger partial charge in [-0.25, -0.2) is 0 Å². The van der Waals surface area contributed by atoms with Gasteiger partial charge in [-0.3, -0.25) is 0 Å². The molecule has 0 saturated carbocycles. The van der Waals surface area contributed by atoms with Crippen LogP contribution in [0.5, 0.6) is 0 Å². The molecule has 0 rings (SSSR count). The fourth-order valence-electron chi connectivity index (χ4n) is 0.753. The maximum Gasteiger partial charge on any atom is -0.0398 e. The molecule has 0 aromatic carbocycles. The van der Waals surface area contributed by atoms with Gasteiger partial charge in [0.25, 0.3) is 0 Å². The van der Waals surface area contributed by atoms with Gasteiger partial charge in [-0.1, -0.05) is 35.5 Å². The SMILES string of the molecule is C/C=C/C(C)=C/C(C)=C/C. The average molecular weight is 136 g/mol. The lowest BCUT2D eigenvalue weighted by Crippen LogP contribution is -1.70. The molecule has 56 valence electrons. The molecule has 0 heteroatoms. The van der Waals surface area contributed by atoms with E-state index < -0.39 is 0 Å². The third kappa shape index (κ3) is 4.13. The maximum absolute atomic E-state index is 2.17. The molecule has 0 amide bonds. The third-order valence-corrected chi connectivity index (χ3v) is 1.34. The molecule has 0 aliphatic carbocycles. The van der Waals surface area contributed by atoms with Crippen LogP contribution in [0.3, 0.4) is 0 Å². The third-order valence-electron chi connectivity index (χ3n) is 1.34. The van der Waals surface area contributed by atoms with E-state index in [-0.39, 0.29) is 0 Å². The fourth-order valence-corrected chi connectivity index (χ4v) is 0.753. The molecule has 0 N–H and O–H groups in total. The molecule has 0 aromatic heterocycles. The summed E-state index contributed by atoms with van der Waals surface area (Å²) in [6, 6.07) is 0. The van der Waals surface area contributed by atoms with Crippen molar-refractivity contribution in [2.75, 3.05) is 0 Å². The van der Waals surface area contributed by atoms with Crippen molar-refractivity contribution in [2.24, 2.45) is 0 Å². The molecule has 0 aliphatic heterocycles. The number of rotatable bonds is 2. The average Bonchev–Trinajstić information content (AvgIpc) is 1.88. The molecule has 0 aromatic rings. The Labute approximate surface area is 64.0 Å². The quantitative estimate of drug-likeness (QED) is 0.510. The van der Waals surface area contributed by atoms with Gasteiger partial charge < -0.3 is 0 Å². The van der Waals surface area contributed by atoms with Crippen molar-refractivity contribution in [2.45, 2.75) is 27.7 Å². The van der Waals surface area contributed by atoms with E-state index in [9.17, 15) is 0 Å². The summed E-state index contributed by atoms with van der Waals surface area (Å²) in [4.78, 5) is 0. The molecule has 0 spiro atoms. The van der Waals surface area contributed by atoms with E-state index in [1.54, 1.807) is 0 Å². The van der Waals surface area contributed by atoms with Gasteiger partial charge in [0.05, 0.1) is 0 Å². The van der Waals surface area contributed by atoms with Crippen LogP contribution >= 0.6 is 0 Å². The second kappa shape index (κ2) is 5.04. The summed E-state index contributed by atoms with van der Waals surface area (Å²) in [5, 5.41) is 0. The molecule has 0 fully saturated rings. The Morgan fingerprint density at radius 3 is 2.00 bits per heavy atom. The molecule has 0 nitrogen and oxygen atoms in total. The van der Waals surface area contributed by atoms with Gasteiger partial charge in [0.15, 0.2) is 0 Å². The van der Waals surface area contributed by atoms with E-state index in [4.69, 9.17) is 0 Å². The minimum Gasteiger partial charge on any atom is -0.0874 e. The van der Waals surface area contributed by atoms with Gasteiger partial charge in [-0.2, -0.15) is 0 Å². The van der Waals surface area contributed by atoms with E-state index in [0.29, 0.717) is 0 Å². The zero-order chi connectivity index (χ0) is 7.98. The van der Waals surface area contributed by atoms with Crippen LogP contribution in [0.2, 0.25) is 0 Å². The second-order valence-corrected chi connectivity index (χ2v) is 2.42. The van der Waals surface area contributed by atoms with Gasteiger partial charge in [0.2, 0.25) is 0 Å². The molecule has 10 heavy (non-hydrogen) atoms. The maximum atomic E-state index is 2.17. The smallest absolute Gasteiger partial charge is 0.0398 e. The summed E-state index contributed by atoms with van der Waals surface area (Å²) < 4.78 is 0. The van der Waals surface area contributed by atoms with Gasteiger partial charge in [-0.15, -0.1) is 0 Å². The Bertz CT molecular complexity index is 168. The van der Waals surface area contributed by atoms with E-state index in [2.05, 4.69) is 45.1 Å². The molecule has 0 bridgehead atoms. The highest BCUT2D eigenvalue weighted by atomic mass is 13.9. The largest absolute Gasteiger partial charge is 0.0874 e. The molecule has 0 saturated heterocycles. The fraction of sp³-hybridized carbons (Fsp3) is 0.400. The summed E-state index contributed by atoms with van der Waals surface area (Å²) in [5.41, 5.74) is 2.62. The van der Waals surface area contributed by atoms with Crippen molar-refractivity contribution in [1.82, 2.24) is 0 Å². The van der Waals surface area contributed by atoms with Crippen molar-refractivity contribution < 1.29 is 0 Å². The summed E-state index contributed by atoms with van der Waals surface area (Å²) in [6.07, 6.45) is 8.43. The van der Waals surface area contributed by atoms with E-state index in [1.807, 2.05) is 6.92 Å². The lowest BCUT2D eigenvalue weighted by molar-refractivity contribution is 1.41. The Balaban J connectivity index is 4.16. The van der Waals surface area contributed by atoms with Crippen LogP contribution in [0.15, 0.2) is 35.5 Å². The summed E-state index contributed by atoms with van der Waals surface area (Å²) in [5.74, 6) is 0. The van der Waals surface area contributed by atoms with E-state index in [0.717, 1.165) is 0 Å². The Morgan fingerprint density at radius 1 is 1.00 bits per heavy atom. The lowest BCUT2D eigenvalue weighted by atomic mass is 10.2. The van der Waals surface area contributed by atoms with Crippen molar-refractivity contribution >= 4 is 0 Å². The molecular formula is C10H16. The van der Waals surface area contributed by atoms with Gasteiger partial charge in [-0.05, 0) is 27.7 Å². The molecular weight excluding hydrogens is 120 g/mol. The summed E-state index contributed by atoms with van der Waals surface area (Å²) in [7, 11) is 0. The van der Waals surface area contributed by atoms with E-state index in [1.165, 1.54) is 11.1 Å². The topological polar surface area (TPSA) is 0 Å². The van der Waals surface area contributed by atoms with Crippen molar-refractivity contribution in [1.29, 1.82) is 0 Å². The van der Waals surface area contributed by atoms with Crippen LogP contribution in [-0.4, -0.2) is 0 Å². The standard InChI is InChI=1S/C10H16/c1-5-7-10(4)8-9(3)6-2/h5-8H,1-4H3/b7-5+,9-6+,10-8+. The highest BCUT2D eigenvalue weighted by Crippen LogP contribution is 2.01. The van der Waals surface area contributed by atoms with Crippen molar-refractivity contribution in [3.05, 3.63) is 35.5 Å². The first-order valence-corrected chi connectivity index (χ1v) is 3.64.